The maximum absolute atomic E-state index is 5.26. The lowest BCUT2D eigenvalue weighted by atomic mass is 10.1. The number of benzene rings is 1. The number of fused-ring (bicyclic) bond motifs is 1. The van der Waals surface area contributed by atoms with Gasteiger partial charge >= 0.3 is 0 Å². The van der Waals surface area contributed by atoms with Gasteiger partial charge in [0.15, 0.2) is 0 Å². The van der Waals surface area contributed by atoms with Crippen LogP contribution in [0.15, 0.2) is 24.3 Å². The lowest BCUT2D eigenvalue weighted by Crippen LogP contribution is -1.88. The molecule has 0 aliphatic carbocycles. The van der Waals surface area contributed by atoms with Crippen molar-refractivity contribution in [1.82, 2.24) is 4.98 Å². The number of aromatic nitrogens is 1. The molecule has 0 saturated heterocycles. The van der Waals surface area contributed by atoms with Gasteiger partial charge in [-0.25, -0.2) is 0 Å². The van der Waals surface area contributed by atoms with Crippen LogP contribution in [0.1, 0.15) is 18.1 Å². The molecule has 72 valence electrons. The molecule has 0 spiro atoms. The highest BCUT2D eigenvalue weighted by atomic mass is 32.1. The lowest BCUT2D eigenvalue weighted by molar-refractivity contribution is 1.11. The summed E-state index contributed by atoms with van der Waals surface area (Å²) in [6.45, 7) is 4.23. The number of nitrogens with one attached hydrogen (secondary N) is 1. The molecule has 1 aromatic carbocycles. The molecule has 0 unspecified atom stereocenters. The molecule has 0 aliphatic heterocycles. The van der Waals surface area contributed by atoms with E-state index in [1.165, 1.54) is 16.5 Å². The van der Waals surface area contributed by atoms with Gasteiger partial charge in [0.2, 0.25) is 0 Å². The molecule has 14 heavy (non-hydrogen) atoms. The van der Waals surface area contributed by atoms with Crippen molar-refractivity contribution < 1.29 is 0 Å². The standard InChI is InChI=1S/C12H13NS/c1-3-9-7-10-6-8(2)4-5-11(10)13-12(9)14/h4-7H,3H2,1-2H3,(H,13,14). The maximum Gasteiger partial charge on any atom is 0.106 e. The predicted molar refractivity (Wildman–Crippen MR) is 63.2 cm³/mol. The van der Waals surface area contributed by atoms with E-state index in [0.717, 1.165) is 16.6 Å². The van der Waals surface area contributed by atoms with Crippen molar-refractivity contribution >= 4 is 23.1 Å². The summed E-state index contributed by atoms with van der Waals surface area (Å²) in [6.07, 6.45) is 0.985. The number of aryl methyl sites for hydroxylation is 2. The van der Waals surface area contributed by atoms with E-state index >= 15 is 0 Å². The Morgan fingerprint density at radius 3 is 2.79 bits per heavy atom. The van der Waals surface area contributed by atoms with E-state index in [-0.39, 0.29) is 0 Å². The van der Waals surface area contributed by atoms with Gasteiger partial charge in [0.25, 0.3) is 0 Å². The molecule has 0 aliphatic rings. The van der Waals surface area contributed by atoms with Crippen LogP contribution in [0.3, 0.4) is 0 Å². The first-order chi connectivity index (χ1) is 6.70. The first-order valence-corrected chi connectivity index (χ1v) is 5.24. The first kappa shape index (κ1) is 9.41. The average Bonchev–Trinajstić information content (AvgIpc) is 2.17. The van der Waals surface area contributed by atoms with Crippen molar-refractivity contribution in [2.75, 3.05) is 0 Å². The third-order valence-corrected chi connectivity index (χ3v) is 2.82. The highest BCUT2D eigenvalue weighted by Gasteiger charge is 1.98. The summed E-state index contributed by atoms with van der Waals surface area (Å²) in [5, 5.41) is 1.25. The van der Waals surface area contributed by atoms with Crippen LogP contribution >= 0.6 is 12.2 Å². The van der Waals surface area contributed by atoms with Crippen LogP contribution in [-0.4, -0.2) is 4.98 Å². The molecule has 0 bridgehead atoms. The van der Waals surface area contributed by atoms with E-state index in [9.17, 15) is 0 Å². The van der Waals surface area contributed by atoms with Gasteiger partial charge in [-0.2, -0.15) is 0 Å². The fraction of sp³-hybridized carbons (Fsp3) is 0.250. The molecule has 0 fully saturated rings. The Kier molecular flexibility index (Phi) is 2.38. The van der Waals surface area contributed by atoms with Crippen LogP contribution in [0.2, 0.25) is 0 Å². The van der Waals surface area contributed by atoms with Gasteiger partial charge in [0, 0.05) is 5.52 Å². The smallest absolute Gasteiger partial charge is 0.106 e. The monoisotopic (exact) mass is 203 g/mol. The van der Waals surface area contributed by atoms with E-state index in [2.05, 4.69) is 43.1 Å². The molecule has 2 aromatic rings. The topological polar surface area (TPSA) is 15.8 Å². The fourth-order valence-corrected chi connectivity index (χ4v) is 1.95. The maximum atomic E-state index is 5.26. The van der Waals surface area contributed by atoms with Crippen LogP contribution in [0.25, 0.3) is 10.9 Å². The van der Waals surface area contributed by atoms with Gasteiger partial charge in [-0.1, -0.05) is 30.8 Å². The van der Waals surface area contributed by atoms with Crippen LogP contribution in [0, 0.1) is 11.6 Å². The van der Waals surface area contributed by atoms with Crippen molar-refractivity contribution in [2.24, 2.45) is 0 Å². The molecule has 2 rings (SSSR count). The Bertz CT molecular complexity index is 525. The van der Waals surface area contributed by atoms with E-state index in [0.29, 0.717) is 0 Å². The lowest BCUT2D eigenvalue weighted by Gasteiger charge is -2.03. The summed E-state index contributed by atoms with van der Waals surface area (Å²) in [6, 6.07) is 8.54. The van der Waals surface area contributed by atoms with Gasteiger partial charge in [-0.15, -0.1) is 0 Å². The highest BCUT2D eigenvalue weighted by Crippen LogP contribution is 2.16. The van der Waals surface area contributed by atoms with Crippen molar-refractivity contribution in [2.45, 2.75) is 20.3 Å². The van der Waals surface area contributed by atoms with E-state index in [1.54, 1.807) is 0 Å². The molecule has 1 heterocycles. The fourth-order valence-electron chi connectivity index (χ4n) is 1.63. The Morgan fingerprint density at radius 1 is 1.29 bits per heavy atom. The SMILES string of the molecule is CCc1cc2cc(C)ccc2[nH]c1=S. The number of aromatic amines is 1. The second-order valence-corrected chi connectivity index (χ2v) is 3.98. The zero-order chi connectivity index (χ0) is 10.1. The number of H-pyrrole nitrogens is 1. The predicted octanol–water partition coefficient (Wildman–Crippen LogP) is 3.77. The minimum Gasteiger partial charge on any atom is -0.346 e. The summed E-state index contributed by atoms with van der Waals surface area (Å²) < 4.78 is 0.865. The normalized spacial score (nSPS) is 10.7. The average molecular weight is 203 g/mol. The second-order valence-electron chi connectivity index (χ2n) is 3.57. The molecular weight excluding hydrogens is 190 g/mol. The third kappa shape index (κ3) is 1.58. The molecule has 1 N–H and O–H groups in total. The second kappa shape index (κ2) is 3.54. The minimum atomic E-state index is 0.865. The third-order valence-electron chi connectivity index (χ3n) is 2.46. The van der Waals surface area contributed by atoms with Crippen LogP contribution < -0.4 is 0 Å². The molecule has 1 nitrogen and oxygen atoms in total. The van der Waals surface area contributed by atoms with E-state index in [4.69, 9.17) is 12.2 Å². The molecule has 2 heteroatoms. The van der Waals surface area contributed by atoms with Crippen molar-refractivity contribution in [3.05, 3.63) is 40.0 Å². The Labute approximate surface area is 88.8 Å². The molecule has 0 radical (unpaired) electrons. The number of hydrogen-bond acceptors (Lipinski definition) is 1. The van der Waals surface area contributed by atoms with Gasteiger partial charge in [-0.3, -0.25) is 0 Å². The van der Waals surface area contributed by atoms with Gasteiger partial charge in [-0.05, 0) is 42.5 Å². The minimum absolute atomic E-state index is 0.865. The summed E-state index contributed by atoms with van der Waals surface area (Å²) >= 11 is 5.26. The van der Waals surface area contributed by atoms with Crippen molar-refractivity contribution in [3.63, 3.8) is 0 Å². The largest absolute Gasteiger partial charge is 0.346 e. The zero-order valence-electron chi connectivity index (χ0n) is 8.42. The molecule has 0 atom stereocenters. The highest BCUT2D eigenvalue weighted by molar-refractivity contribution is 7.71. The summed E-state index contributed by atoms with van der Waals surface area (Å²) in [7, 11) is 0. The summed E-state index contributed by atoms with van der Waals surface area (Å²) in [4.78, 5) is 3.25. The van der Waals surface area contributed by atoms with Crippen LogP contribution in [0.5, 0.6) is 0 Å². The zero-order valence-corrected chi connectivity index (χ0v) is 9.24. The Morgan fingerprint density at radius 2 is 2.07 bits per heavy atom. The molecule has 1 aromatic heterocycles. The van der Waals surface area contributed by atoms with Crippen molar-refractivity contribution in [1.29, 1.82) is 0 Å². The molecular formula is C12H13NS. The Hall–Kier alpha value is -1.15. The molecule has 0 saturated carbocycles. The van der Waals surface area contributed by atoms with Gasteiger partial charge in [0.1, 0.15) is 4.64 Å². The molecule has 0 amide bonds. The van der Waals surface area contributed by atoms with E-state index in [1.807, 2.05) is 0 Å². The first-order valence-electron chi connectivity index (χ1n) is 4.83. The summed E-state index contributed by atoms with van der Waals surface area (Å²) in [5.41, 5.74) is 3.63. The summed E-state index contributed by atoms with van der Waals surface area (Å²) in [5.74, 6) is 0. The van der Waals surface area contributed by atoms with Crippen molar-refractivity contribution in [3.8, 4) is 0 Å². The van der Waals surface area contributed by atoms with E-state index < -0.39 is 0 Å². The quantitative estimate of drug-likeness (QED) is 0.698. The van der Waals surface area contributed by atoms with Gasteiger partial charge < -0.3 is 4.98 Å². The Balaban J connectivity index is 2.80. The van der Waals surface area contributed by atoms with Gasteiger partial charge in [0.05, 0.1) is 0 Å². The van der Waals surface area contributed by atoms with Crippen LogP contribution in [0.4, 0.5) is 0 Å². The number of rotatable bonds is 1. The number of pyridine rings is 1. The number of hydrogen-bond donors (Lipinski definition) is 1. The van der Waals surface area contributed by atoms with Crippen LogP contribution in [-0.2, 0) is 6.42 Å².